The van der Waals surface area contributed by atoms with Gasteiger partial charge in [0.15, 0.2) is 0 Å². The van der Waals surface area contributed by atoms with E-state index >= 15 is 0 Å². The zero-order chi connectivity index (χ0) is 13.1. The minimum atomic E-state index is -0.326. The van der Waals surface area contributed by atoms with E-state index in [1.165, 1.54) is 0 Å². The van der Waals surface area contributed by atoms with Crippen LogP contribution in [0.15, 0.2) is 22.7 Å². The molecule has 0 bridgehead atoms. The molecule has 0 radical (unpaired) electrons. The van der Waals surface area contributed by atoms with Crippen LogP contribution in [-0.2, 0) is 6.54 Å². The first-order valence-electron chi connectivity index (χ1n) is 5.98. The van der Waals surface area contributed by atoms with Crippen molar-refractivity contribution in [3.8, 4) is 0 Å². The van der Waals surface area contributed by atoms with Gasteiger partial charge in [0.1, 0.15) is 0 Å². The van der Waals surface area contributed by atoms with Crippen LogP contribution in [0.3, 0.4) is 0 Å². The molecular weight excluding hydrogens is 298 g/mol. The fourth-order valence-electron chi connectivity index (χ4n) is 2.43. The average Bonchev–Trinajstić information content (AvgIpc) is 2.78. The summed E-state index contributed by atoms with van der Waals surface area (Å²) >= 11 is 3.26. The molecule has 0 amide bonds. The van der Waals surface area contributed by atoms with Gasteiger partial charge in [0.05, 0.1) is 4.92 Å². The Hall–Kier alpha value is -0.980. The van der Waals surface area contributed by atoms with E-state index in [0.717, 1.165) is 29.4 Å². The predicted molar refractivity (Wildman–Crippen MR) is 73.3 cm³/mol. The normalized spacial score (nSPS) is 20.2. The van der Waals surface area contributed by atoms with Crippen molar-refractivity contribution in [2.75, 3.05) is 13.1 Å². The topological polar surface area (TPSA) is 72.4 Å². The summed E-state index contributed by atoms with van der Waals surface area (Å²) in [5.41, 5.74) is 6.64. The predicted octanol–water partition coefficient (Wildman–Crippen LogP) is 2.28. The van der Waals surface area contributed by atoms with Crippen LogP contribution < -0.4 is 5.73 Å². The van der Waals surface area contributed by atoms with Gasteiger partial charge in [-0.1, -0.05) is 15.9 Å². The van der Waals surface area contributed by atoms with Gasteiger partial charge >= 0.3 is 0 Å². The van der Waals surface area contributed by atoms with Crippen LogP contribution >= 0.6 is 15.9 Å². The molecule has 1 saturated heterocycles. The molecular formula is C12H16BrN3O2. The van der Waals surface area contributed by atoms with E-state index in [1.807, 2.05) is 12.1 Å². The van der Waals surface area contributed by atoms with Crippen molar-refractivity contribution in [2.24, 2.45) is 5.73 Å². The van der Waals surface area contributed by atoms with Crippen LogP contribution in [0, 0.1) is 10.1 Å². The van der Waals surface area contributed by atoms with E-state index in [0.29, 0.717) is 19.1 Å². The Labute approximate surface area is 114 Å². The number of likely N-dealkylation sites (tertiary alicyclic amines) is 1. The summed E-state index contributed by atoms with van der Waals surface area (Å²) in [6, 6.07) is 5.57. The van der Waals surface area contributed by atoms with Crippen LogP contribution in [-0.4, -0.2) is 29.0 Å². The molecule has 0 aliphatic carbocycles. The maximum atomic E-state index is 11.0. The number of nitrogens with two attached hydrogens (primary N) is 1. The minimum absolute atomic E-state index is 0.173. The molecule has 1 aromatic carbocycles. The fraction of sp³-hybridized carbons (Fsp3) is 0.500. The standard InChI is InChI=1S/C12H16BrN3O2/c13-10-4-3-9(12(6-10)16(17)18)8-15-5-1-2-11(15)7-14/h3-4,6,11H,1-2,5,7-8,14H2. The first-order chi connectivity index (χ1) is 8.61. The van der Waals surface area contributed by atoms with Crippen LogP contribution in [0.2, 0.25) is 0 Å². The highest BCUT2D eigenvalue weighted by atomic mass is 79.9. The Kier molecular flexibility index (Phi) is 4.31. The molecule has 0 aromatic heterocycles. The van der Waals surface area contributed by atoms with Crippen LogP contribution in [0.25, 0.3) is 0 Å². The zero-order valence-electron chi connectivity index (χ0n) is 10.0. The van der Waals surface area contributed by atoms with Crippen molar-refractivity contribution in [1.82, 2.24) is 4.90 Å². The third-order valence-electron chi connectivity index (χ3n) is 3.39. The summed E-state index contributed by atoms with van der Waals surface area (Å²) in [4.78, 5) is 12.9. The monoisotopic (exact) mass is 313 g/mol. The summed E-state index contributed by atoms with van der Waals surface area (Å²) in [6.45, 7) is 2.19. The minimum Gasteiger partial charge on any atom is -0.329 e. The lowest BCUT2D eigenvalue weighted by Gasteiger charge is -2.22. The van der Waals surface area contributed by atoms with Crippen molar-refractivity contribution >= 4 is 21.6 Å². The largest absolute Gasteiger partial charge is 0.329 e. The maximum absolute atomic E-state index is 11.0. The number of nitro benzene ring substituents is 1. The molecule has 5 nitrogen and oxygen atoms in total. The SMILES string of the molecule is NCC1CCCN1Cc1ccc(Br)cc1[N+](=O)[O-]. The van der Waals surface area contributed by atoms with Gasteiger partial charge in [0.25, 0.3) is 5.69 Å². The van der Waals surface area contributed by atoms with Gasteiger partial charge in [-0.15, -0.1) is 0 Å². The van der Waals surface area contributed by atoms with E-state index in [9.17, 15) is 10.1 Å². The van der Waals surface area contributed by atoms with Crippen molar-refractivity contribution < 1.29 is 4.92 Å². The third-order valence-corrected chi connectivity index (χ3v) is 3.88. The number of hydrogen-bond acceptors (Lipinski definition) is 4. The Morgan fingerprint density at radius 1 is 1.56 bits per heavy atom. The molecule has 2 N–H and O–H groups in total. The van der Waals surface area contributed by atoms with Gasteiger partial charge in [-0.3, -0.25) is 15.0 Å². The smallest absolute Gasteiger partial charge is 0.275 e. The number of nitrogens with zero attached hydrogens (tertiary/aromatic N) is 2. The third kappa shape index (κ3) is 2.88. The second kappa shape index (κ2) is 5.77. The van der Waals surface area contributed by atoms with Gasteiger partial charge in [0.2, 0.25) is 0 Å². The molecule has 2 rings (SSSR count). The summed E-state index contributed by atoms with van der Waals surface area (Å²) < 4.78 is 0.731. The second-order valence-electron chi connectivity index (χ2n) is 4.53. The molecule has 0 saturated carbocycles. The van der Waals surface area contributed by atoms with Crippen molar-refractivity contribution in [1.29, 1.82) is 0 Å². The van der Waals surface area contributed by atoms with Crippen LogP contribution in [0.5, 0.6) is 0 Å². The average molecular weight is 314 g/mol. The second-order valence-corrected chi connectivity index (χ2v) is 5.45. The number of benzene rings is 1. The summed E-state index contributed by atoms with van der Waals surface area (Å²) in [5.74, 6) is 0. The lowest BCUT2D eigenvalue weighted by Crippen LogP contribution is -2.35. The first-order valence-corrected chi connectivity index (χ1v) is 6.78. The molecule has 1 fully saturated rings. The molecule has 0 spiro atoms. The summed E-state index contributed by atoms with van der Waals surface area (Å²) in [5, 5.41) is 11.0. The number of halogens is 1. The van der Waals surface area contributed by atoms with E-state index in [-0.39, 0.29) is 10.6 Å². The quantitative estimate of drug-likeness (QED) is 0.683. The number of rotatable bonds is 4. The molecule has 6 heteroatoms. The number of hydrogen-bond donors (Lipinski definition) is 1. The molecule has 1 heterocycles. The molecule has 1 unspecified atom stereocenters. The number of nitro groups is 1. The highest BCUT2D eigenvalue weighted by molar-refractivity contribution is 9.10. The highest BCUT2D eigenvalue weighted by Gasteiger charge is 2.25. The first kappa shape index (κ1) is 13.5. The van der Waals surface area contributed by atoms with Gasteiger partial charge in [-0.2, -0.15) is 0 Å². The Morgan fingerprint density at radius 3 is 3.00 bits per heavy atom. The van der Waals surface area contributed by atoms with Gasteiger partial charge < -0.3 is 5.73 Å². The van der Waals surface area contributed by atoms with Crippen molar-refractivity contribution in [3.63, 3.8) is 0 Å². The molecule has 18 heavy (non-hydrogen) atoms. The molecule has 98 valence electrons. The van der Waals surface area contributed by atoms with E-state index in [1.54, 1.807) is 6.07 Å². The molecule has 1 aliphatic heterocycles. The Balaban J connectivity index is 2.20. The summed E-state index contributed by atoms with van der Waals surface area (Å²) in [6.07, 6.45) is 2.20. The van der Waals surface area contributed by atoms with E-state index in [4.69, 9.17) is 5.73 Å². The zero-order valence-corrected chi connectivity index (χ0v) is 11.6. The molecule has 1 atom stereocenters. The Morgan fingerprint density at radius 2 is 2.33 bits per heavy atom. The van der Waals surface area contributed by atoms with Gasteiger partial charge in [0, 0.05) is 35.2 Å². The van der Waals surface area contributed by atoms with Gasteiger partial charge in [-0.05, 0) is 31.5 Å². The molecule has 1 aromatic rings. The van der Waals surface area contributed by atoms with Gasteiger partial charge in [-0.25, -0.2) is 0 Å². The molecule has 1 aliphatic rings. The lowest BCUT2D eigenvalue weighted by molar-refractivity contribution is -0.385. The van der Waals surface area contributed by atoms with Crippen molar-refractivity contribution in [3.05, 3.63) is 38.3 Å². The van der Waals surface area contributed by atoms with E-state index < -0.39 is 0 Å². The lowest BCUT2D eigenvalue weighted by atomic mass is 10.1. The highest BCUT2D eigenvalue weighted by Crippen LogP contribution is 2.27. The maximum Gasteiger partial charge on any atom is 0.275 e. The van der Waals surface area contributed by atoms with Crippen LogP contribution in [0.1, 0.15) is 18.4 Å². The summed E-state index contributed by atoms with van der Waals surface area (Å²) in [7, 11) is 0. The fourth-order valence-corrected chi connectivity index (χ4v) is 2.78. The van der Waals surface area contributed by atoms with Crippen molar-refractivity contribution in [2.45, 2.75) is 25.4 Å². The van der Waals surface area contributed by atoms with Crippen LogP contribution in [0.4, 0.5) is 5.69 Å². The van der Waals surface area contributed by atoms with E-state index in [2.05, 4.69) is 20.8 Å². The Bertz CT molecular complexity index is 453.